The number of anilines is 2. The minimum atomic E-state index is -0.538. The fourth-order valence-corrected chi connectivity index (χ4v) is 2.64. The fraction of sp³-hybridized carbons (Fsp3) is 0.125. The number of fused-ring (bicyclic) bond motifs is 1. The number of amides is 1. The van der Waals surface area contributed by atoms with Crippen LogP contribution in [-0.2, 0) is 4.79 Å². The Kier molecular flexibility index (Phi) is 4.15. The van der Waals surface area contributed by atoms with Crippen LogP contribution in [0.15, 0.2) is 42.6 Å². The summed E-state index contributed by atoms with van der Waals surface area (Å²) in [5.74, 6) is -0.249. The second-order valence-electron chi connectivity index (χ2n) is 5.20. The summed E-state index contributed by atoms with van der Waals surface area (Å²) in [4.78, 5) is 12.5. The van der Waals surface area contributed by atoms with Gasteiger partial charge in [0.15, 0.2) is 0 Å². The van der Waals surface area contributed by atoms with Crippen molar-refractivity contribution in [1.82, 2.24) is 9.78 Å². The van der Waals surface area contributed by atoms with Gasteiger partial charge in [-0.3, -0.25) is 9.48 Å². The van der Waals surface area contributed by atoms with Crippen LogP contribution in [0.2, 0.25) is 10.0 Å². The first kappa shape index (κ1) is 15.6. The molecule has 1 heterocycles. The van der Waals surface area contributed by atoms with E-state index in [1.807, 2.05) is 6.07 Å². The monoisotopic (exact) mass is 348 g/mol. The molecule has 0 radical (unpaired) electrons. The molecular weight excluding hydrogens is 335 g/mol. The van der Waals surface area contributed by atoms with E-state index in [9.17, 15) is 4.79 Å². The first-order valence-electron chi connectivity index (χ1n) is 6.94. The van der Waals surface area contributed by atoms with Gasteiger partial charge in [0.1, 0.15) is 6.04 Å². The summed E-state index contributed by atoms with van der Waals surface area (Å²) < 4.78 is 1.62. The van der Waals surface area contributed by atoms with Gasteiger partial charge in [0.05, 0.1) is 22.4 Å². The zero-order chi connectivity index (χ0) is 16.6. The van der Waals surface area contributed by atoms with E-state index in [0.29, 0.717) is 21.4 Å². The summed E-state index contributed by atoms with van der Waals surface area (Å²) in [6.07, 6.45) is 1.70. The molecule has 0 saturated heterocycles. The Morgan fingerprint density at radius 1 is 1.26 bits per heavy atom. The van der Waals surface area contributed by atoms with Gasteiger partial charge in [-0.05, 0) is 43.3 Å². The number of nitrogens with two attached hydrogens (primary N) is 1. The van der Waals surface area contributed by atoms with E-state index in [-0.39, 0.29) is 5.91 Å². The van der Waals surface area contributed by atoms with Gasteiger partial charge in [-0.15, -0.1) is 0 Å². The molecule has 0 fully saturated rings. The van der Waals surface area contributed by atoms with Gasteiger partial charge in [-0.25, -0.2) is 0 Å². The average molecular weight is 349 g/mol. The van der Waals surface area contributed by atoms with Gasteiger partial charge in [0, 0.05) is 16.1 Å². The van der Waals surface area contributed by atoms with Crippen LogP contribution in [0.3, 0.4) is 0 Å². The number of halogens is 2. The average Bonchev–Trinajstić information content (AvgIpc) is 2.93. The van der Waals surface area contributed by atoms with Crippen LogP contribution in [0.5, 0.6) is 0 Å². The van der Waals surface area contributed by atoms with Crippen molar-refractivity contribution in [3.63, 3.8) is 0 Å². The van der Waals surface area contributed by atoms with Crippen LogP contribution >= 0.6 is 23.2 Å². The van der Waals surface area contributed by atoms with E-state index in [4.69, 9.17) is 28.9 Å². The lowest BCUT2D eigenvalue weighted by atomic mass is 10.2. The fourth-order valence-electron chi connectivity index (χ4n) is 2.31. The third-order valence-corrected chi connectivity index (χ3v) is 4.12. The molecule has 23 heavy (non-hydrogen) atoms. The minimum Gasteiger partial charge on any atom is -0.399 e. The molecule has 0 aliphatic carbocycles. The van der Waals surface area contributed by atoms with Gasteiger partial charge in [-0.1, -0.05) is 23.2 Å². The zero-order valence-corrected chi connectivity index (χ0v) is 13.8. The maximum atomic E-state index is 12.5. The number of hydrogen-bond acceptors (Lipinski definition) is 3. The number of aromatic nitrogens is 2. The Balaban J connectivity index is 1.89. The van der Waals surface area contributed by atoms with Crippen molar-refractivity contribution < 1.29 is 4.79 Å². The third-order valence-electron chi connectivity index (χ3n) is 3.56. The molecule has 7 heteroatoms. The summed E-state index contributed by atoms with van der Waals surface area (Å²) >= 11 is 12.0. The van der Waals surface area contributed by atoms with Crippen molar-refractivity contribution in [1.29, 1.82) is 0 Å². The molecule has 3 N–H and O–H groups in total. The Morgan fingerprint density at radius 2 is 2.04 bits per heavy atom. The second-order valence-corrected chi connectivity index (χ2v) is 6.04. The number of nitrogens with one attached hydrogen (secondary N) is 1. The van der Waals surface area contributed by atoms with Crippen molar-refractivity contribution >= 4 is 51.4 Å². The molecule has 0 bridgehead atoms. The Bertz CT molecular complexity index is 891. The highest BCUT2D eigenvalue weighted by Gasteiger charge is 2.19. The Morgan fingerprint density at radius 3 is 2.83 bits per heavy atom. The molecule has 118 valence electrons. The van der Waals surface area contributed by atoms with E-state index in [1.165, 1.54) is 0 Å². The van der Waals surface area contributed by atoms with Gasteiger partial charge in [0.25, 0.3) is 0 Å². The normalized spacial score (nSPS) is 12.3. The molecule has 3 aromatic rings. The molecule has 3 rings (SSSR count). The molecule has 5 nitrogen and oxygen atoms in total. The summed E-state index contributed by atoms with van der Waals surface area (Å²) in [6.45, 7) is 1.75. The molecule has 1 unspecified atom stereocenters. The van der Waals surface area contributed by atoms with E-state index >= 15 is 0 Å². The molecule has 2 aromatic carbocycles. The summed E-state index contributed by atoms with van der Waals surface area (Å²) in [5, 5.41) is 8.88. The summed E-state index contributed by atoms with van der Waals surface area (Å²) in [5.41, 5.74) is 7.69. The van der Waals surface area contributed by atoms with E-state index in [0.717, 1.165) is 10.9 Å². The molecular formula is C16H14Cl2N4O. The smallest absolute Gasteiger partial charge is 0.249 e. The molecule has 1 atom stereocenters. The Hall–Kier alpha value is -2.24. The standard InChI is InChI=1S/C16H14Cl2N4O/c1-9(16(23)21-14-6-11(17)3-5-13(14)18)22-15-7-12(19)4-2-10(15)8-20-22/h2-9H,19H2,1H3,(H,21,23). The molecule has 1 amide bonds. The highest BCUT2D eigenvalue weighted by atomic mass is 35.5. The van der Waals surface area contributed by atoms with Crippen molar-refractivity contribution in [3.8, 4) is 0 Å². The van der Waals surface area contributed by atoms with E-state index < -0.39 is 6.04 Å². The van der Waals surface area contributed by atoms with Crippen molar-refractivity contribution in [2.45, 2.75) is 13.0 Å². The van der Waals surface area contributed by atoms with Gasteiger partial charge in [0.2, 0.25) is 5.91 Å². The van der Waals surface area contributed by atoms with Gasteiger partial charge in [-0.2, -0.15) is 5.10 Å². The highest BCUT2D eigenvalue weighted by Crippen LogP contribution is 2.27. The lowest BCUT2D eigenvalue weighted by Crippen LogP contribution is -2.24. The molecule has 0 aliphatic rings. The van der Waals surface area contributed by atoms with Crippen LogP contribution in [0.4, 0.5) is 11.4 Å². The van der Waals surface area contributed by atoms with Crippen molar-refractivity contribution in [2.24, 2.45) is 0 Å². The number of rotatable bonds is 3. The first-order chi connectivity index (χ1) is 11.0. The van der Waals surface area contributed by atoms with Crippen molar-refractivity contribution in [3.05, 3.63) is 52.6 Å². The predicted molar refractivity (Wildman–Crippen MR) is 93.9 cm³/mol. The minimum absolute atomic E-state index is 0.249. The highest BCUT2D eigenvalue weighted by molar-refractivity contribution is 6.35. The number of carbonyl (C=O) groups excluding carboxylic acids is 1. The van der Waals surface area contributed by atoms with Crippen molar-refractivity contribution in [2.75, 3.05) is 11.1 Å². The quantitative estimate of drug-likeness (QED) is 0.699. The van der Waals surface area contributed by atoms with Gasteiger partial charge >= 0.3 is 0 Å². The number of carbonyl (C=O) groups is 1. The number of nitrogens with zero attached hydrogens (tertiary/aromatic N) is 2. The third kappa shape index (κ3) is 3.11. The largest absolute Gasteiger partial charge is 0.399 e. The summed E-state index contributed by atoms with van der Waals surface area (Å²) in [7, 11) is 0. The summed E-state index contributed by atoms with van der Waals surface area (Å²) in [6, 6.07) is 9.81. The molecule has 1 aromatic heterocycles. The predicted octanol–water partition coefficient (Wildman–Crippen LogP) is 4.13. The molecule has 0 saturated carbocycles. The maximum Gasteiger partial charge on any atom is 0.249 e. The van der Waals surface area contributed by atoms with Crippen LogP contribution in [0.1, 0.15) is 13.0 Å². The zero-order valence-electron chi connectivity index (χ0n) is 12.3. The number of hydrogen-bond donors (Lipinski definition) is 2. The maximum absolute atomic E-state index is 12.5. The van der Waals surface area contributed by atoms with Crippen LogP contribution in [-0.4, -0.2) is 15.7 Å². The van der Waals surface area contributed by atoms with E-state index in [1.54, 1.807) is 48.1 Å². The van der Waals surface area contributed by atoms with Crippen LogP contribution in [0, 0.1) is 0 Å². The Labute approximate surface area is 143 Å². The van der Waals surface area contributed by atoms with Crippen LogP contribution in [0.25, 0.3) is 10.9 Å². The SMILES string of the molecule is CC(C(=O)Nc1cc(Cl)ccc1Cl)n1ncc2ccc(N)cc21. The topological polar surface area (TPSA) is 72.9 Å². The first-order valence-corrected chi connectivity index (χ1v) is 7.70. The lowest BCUT2D eigenvalue weighted by Gasteiger charge is -2.15. The number of benzene rings is 2. The lowest BCUT2D eigenvalue weighted by molar-refractivity contribution is -0.118. The molecule has 0 spiro atoms. The second kappa shape index (κ2) is 6.10. The van der Waals surface area contributed by atoms with Gasteiger partial charge < -0.3 is 11.1 Å². The molecule has 0 aliphatic heterocycles. The van der Waals surface area contributed by atoms with E-state index in [2.05, 4.69) is 10.4 Å². The van der Waals surface area contributed by atoms with Crippen LogP contribution < -0.4 is 11.1 Å². The number of nitrogen functional groups attached to an aromatic ring is 1.